The van der Waals surface area contributed by atoms with Crippen LogP contribution in [0.4, 0.5) is 0 Å². The van der Waals surface area contributed by atoms with E-state index in [-0.39, 0.29) is 16.8 Å². The van der Waals surface area contributed by atoms with Crippen LogP contribution in [0.2, 0.25) is 0 Å². The predicted octanol–water partition coefficient (Wildman–Crippen LogP) is 1.67. The van der Waals surface area contributed by atoms with Crippen LogP contribution in [0.1, 0.15) is 42.5 Å². The standard InChI is InChI=1S/C16H24N2O4S/c1-22-12-4-11-17-16(19)13-7-9-15(10-8-13)23(20,21)18-14-5-2-3-6-14/h7-10,14,18H,2-6,11-12H2,1H3,(H,17,19). The van der Waals surface area contributed by atoms with Gasteiger partial charge in [0.1, 0.15) is 0 Å². The quantitative estimate of drug-likeness (QED) is 0.705. The number of hydrogen-bond acceptors (Lipinski definition) is 4. The summed E-state index contributed by atoms with van der Waals surface area (Å²) in [5.74, 6) is -0.214. The van der Waals surface area contributed by atoms with Gasteiger partial charge < -0.3 is 10.1 Å². The van der Waals surface area contributed by atoms with E-state index in [4.69, 9.17) is 4.74 Å². The van der Waals surface area contributed by atoms with Crippen LogP contribution < -0.4 is 10.0 Å². The Morgan fingerprint density at radius 3 is 2.48 bits per heavy atom. The van der Waals surface area contributed by atoms with Gasteiger partial charge in [-0.05, 0) is 43.5 Å². The van der Waals surface area contributed by atoms with Crippen molar-refractivity contribution in [3.8, 4) is 0 Å². The molecule has 1 fully saturated rings. The molecule has 1 aromatic carbocycles. The van der Waals surface area contributed by atoms with Crippen LogP contribution in [0.3, 0.4) is 0 Å². The van der Waals surface area contributed by atoms with Crippen molar-refractivity contribution in [2.24, 2.45) is 0 Å². The maximum Gasteiger partial charge on any atom is 0.251 e. The molecule has 0 heterocycles. The number of carbonyl (C=O) groups excluding carboxylic acids is 1. The number of amides is 1. The molecule has 7 heteroatoms. The zero-order chi connectivity index (χ0) is 16.7. The van der Waals surface area contributed by atoms with Crippen molar-refractivity contribution in [1.82, 2.24) is 10.0 Å². The molecule has 0 spiro atoms. The molecule has 1 aromatic rings. The Labute approximate surface area is 137 Å². The second kappa shape index (κ2) is 8.42. The predicted molar refractivity (Wildman–Crippen MR) is 87.8 cm³/mol. The van der Waals surface area contributed by atoms with Gasteiger partial charge in [0.05, 0.1) is 4.90 Å². The van der Waals surface area contributed by atoms with Crippen molar-refractivity contribution in [3.63, 3.8) is 0 Å². The smallest absolute Gasteiger partial charge is 0.251 e. The number of sulfonamides is 1. The first-order valence-corrected chi connectivity index (χ1v) is 9.41. The minimum Gasteiger partial charge on any atom is -0.385 e. The molecule has 1 aliphatic rings. The van der Waals surface area contributed by atoms with E-state index in [1.807, 2.05) is 0 Å². The first kappa shape index (κ1) is 17.9. The first-order chi connectivity index (χ1) is 11.0. The van der Waals surface area contributed by atoms with Crippen LogP contribution in [-0.4, -0.2) is 40.6 Å². The lowest BCUT2D eigenvalue weighted by Crippen LogP contribution is -2.32. The topological polar surface area (TPSA) is 84.5 Å². The molecule has 0 radical (unpaired) electrons. The second-order valence-electron chi connectivity index (χ2n) is 5.73. The maximum absolute atomic E-state index is 12.3. The van der Waals surface area contributed by atoms with E-state index in [2.05, 4.69) is 10.0 Å². The van der Waals surface area contributed by atoms with Crippen LogP contribution in [0, 0.1) is 0 Å². The zero-order valence-electron chi connectivity index (χ0n) is 13.4. The Hall–Kier alpha value is -1.44. The number of nitrogens with one attached hydrogen (secondary N) is 2. The average molecular weight is 340 g/mol. The highest BCUT2D eigenvalue weighted by atomic mass is 32.2. The molecule has 1 aliphatic carbocycles. The number of hydrogen-bond donors (Lipinski definition) is 2. The molecular weight excluding hydrogens is 316 g/mol. The molecule has 1 saturated carbocycles. The van der Waals surface area contributed by atoms with Crippen LogP contribution in [-0.2, 0) is 14.8 Å². The van der Waals surface area contributed by atoms with E-state index in [0.29, 0.717) is 18.7 Å². The molecule has 2 N–H and O–H groups in total. The van der Waals surface area contributed by atoms with Gasteiger partial charge in [-0.3, -0.25) is 4.79 Å². The Bertz CT molecular complexity index is 607. The van der Waals surface area contributed by atoms with E-state index in [0.717, 1.165) is 32.1 Å². The van der Waals surface area contributed by atoms with Crippen LogP contribution in [0.25, 0.3) is 0 Å². The summed E-state index contributed by atoms with van der Waals surface area (Å²) in [6.45, 7) is 1.11. The summed E-state index contributed by atoms with van der Waals surface area (Å²) >= 11 is 0. The highest BCUT2D eigenvalue weighted by molar-refractivity contribution is 7.89. The van der Waals surface area contributed by atoms with Crippen molar-refractivity contribution in [2.45, 2.75) is 43.0 Å². The van der Waals surface area contributed by atoms with Crippen molar-refractivity contribution in [2.75, 3.05) is 20.3 Å². The van der Waals surface area contributed by atoms with Gasteiger partial charge in [-0.25, -0.2) is 13.1 Å². The molecule has 2 rings (SSSR count). The van der Waals surface area contributed by atoms with Gasteiger partial charge in [-0.2, -0.15) is 0 Å². The third-order valence-corrected chi connectivity index (χ3v) is 5.45. The Morgan fingerprint density at radius 2 is 1.87 bits per heavy atom. The Kier molecular flexibility index (Phi) is 6.56. The lowest BCUT2D eigenvalue weighted by atomic mass is 10.2. The number of benzene rings is 1. The molecule has 1 amide bonds. The fraction of sp³-hybridized carbons (Fsp3) is 0.562. The molecule has 0 aliphatic heterocycles. The van der Waals surface area contributed by atoms with Crippen molar-refractivity contribution >= 4 is 15.9 Å². The Morgan fingerprint density at radius 1 is 1.22 bits per heavy atom. The lowest BCUT2D eigenvalue weighted by Gasteiger charge is -2.12. The van der Waals surface area contributed by atoms with Crippen molar-refractivity contribution < 1.29 is 17.9 Å². The fourth-order valence-corrected chi connectivity index (χ4v) is 3.94. The first-order valence-electron chi connectivity index (χ1n) is 7.92. The van der Waals surface area contributed by atoms with Gasteiger partial charge in [-0.15, -0.1) is 0 Å². The molecule has 0 bridgehead atoms. The van der Waals surface area contributed by atoms with Gasteiger partial charge in [0, 0.05) is 31.9 Å². The zero-order valence-corrected chi connectivity index (χ0v) is 14.2. The number of methoxy groups -OCH3 is 1. The molecule has 6 nitrogen and oxygen atoms in total. The van der Waals surface area contributed by atoms with E-state index >= 15 is 0 Å². The molecule has 23 heavy (non-hydrogen) atoms. The largest absolute Gasteiger partial charge is 0.385 e. The van der Waals surface area contributed by atoms with E-state index < -0.39 is 10.0 Å². The summed E-state index contributed by atoms with van der Waals surface area (Å²) in [6.07, 6.45) is 4.65. The molecule has 0 unspecified atom stereocenters. The fourth-order valence-electron chi connectivity index (χ4n) is 2.64. The molecular formula is C16H24N2O4S. The highest BCUT2D eigenvalue weighted by Gasteiger charge is 2.22. The normalized spacial score (nSPS) is 15.7. The second-order valence-corrected chi connectivity index (χ2v) is 7.44. The minimum atomic E-state index is -3.51. The summed E-state index contributed by atoms with van der Waals surface area (Å²) < 4.78 is 32.2. The Balaban J connectivity index is 1.94. The van der Waals surface area contributed by atoms with Crippen LogP contribution in [0.5, 0.6) is 0 Å². The average Bonchev–Trinajstić information content (AvgIpc) is 3.04. The minimum absolute atomic E-state index is 0.0313. The van der Waals surface area contributed by atoms with Gasteiger partial charge in [-0.1, -0.05) is 12.8 Å². The summed E-state index contributed by atoms with van der Waals surface area (Å²) in [7, 11) is -1.90. The number of ether oxygens (including phenoxy) is 1. The van der Waals surface area contributed by atoms with Crippen LogP contribution in [0.15, 0.2) is 29.2 Å². The molecule has 0 atom stereocenters. The SMILES string of the molecule is COCCCNC(=O)c1ccc(S(=O)(=O)NC2CCCC2)cc1. The summed E-state index contributed by atoms with van der Waals surface area (Å²) in [5, 5.41) is 2.77. The van der Waals surface area contributed by atoms with Gasteiger partial charge in [0.2, 0.25) is 10.0 Å². The third kappa shape index (κ3) is 5.30. The van der Waals surface area contributed by atoms with Crippen LogP contribution >= 0.6 is 0 Å². The molecule has 0 saturated heterocycles. The van der Waals surface area contributed by atoms with Gasteiger partial charge in [0.25, 0.3) is 5.91 Å². The molecule has 128 valence electrons. The van der Waals surface area contributed by atoms with Crippen molar-refractivity contribution in [3.05, 3.63) is 29.8 Å². The van der Waals surface area contributed by atoms with Gasteiger partial charge >= 0.3 is 0 Å². The van der Waals surface area contributed by atoms with E-state index in [1.165, 1.54) is 24.3 Å². The summed E-state index contributed by atoms with van der Waals surface area (Å²) in [6, 6.07) is 6.05. The monoisotopic (exact) mass is 340 g/mol. The highest BCUT2D eigenvalue weighted by Crippen LogP contribution is 2.20. The van der Waals surface area contributed by atoms with E-state index in [9.17, 15) is 13.2 Å². The third-order valence-electron chi connectivity index (χ3n) is 3.91. The number of rotatable bonds is 8. The maximum atomic E-state index is 12.3. The summed E-state index contributed by atoms with van der Waals surface area (Å²) in [5.41, 5.74) is 0.447. The van der Waals surface area contributed by atoms with Gasteiger partial charge in [0.15, 0.2) is 0 Å². The van der Waals surface area contributed by atoms with E-state index in [1.54, 1.807) is 7.11 Å². The van der Waals surface area contributed by atoms with Crippen molar-refractivity contribution in [1.29, 1.82) is 0 Å². The number of carbonyl (C=O) groups is 1. The molecule has 0 aromatic heterocycles. The lowest BCUT2D eigenvalue weighted by molar-refractivity contribution is 0.0948. The summed E-state index contributed by atoms with van der Waals surface area (Å²) in [4.78, 5) is 12.1.